The van der Waals surface area contributed by atoms with Crippen LogP contribution in [0.15, 0.2) is 48.5 Å². The van der Waals surface area contributed by atoms with Gasteiger partial charge in [-0.3, -0.25) is 9.69 Å². The van der Waals surface area contributed by atoms with Crippen molar-refractivity contribution < 1.29 is 19.0 Å². The molecule has 2 aromatic rings. The Kier molecular flexibility index (Phi) is 5.92. The Morgan fingerprint density at radius 1 is 1.04 bits per heavy atom. The predicted molar refractivity (Wildman–Crippen MR) is 108 cm³/mol. The molecule has 0 N–H and O–H groups in total. The smallest absolute Gasteiger partial charge is 0.231 e. The number of allylic oxidation sites excluding steroid dienone is 1. The minimum absolute atomic E-state index is 0.116. The summed E-state index contributed by atoms with van der Waals surface area (Å²) in [6.07, 6.45) is 7.19. The quantitative estimate of drug-likeness (QED) is 0.534. The number of nitrogens with zero attached hydrogens (tertiary/aromatic N) is 1. The van der Waals surface area contributed by atoms with Crippen LogP contribution in [0.2, 0.25) is 0 Å². The number of benzene rings is 2. The Hall–Kier alpha value is -2.79. The second-order valence-corrected chi connectivity index (χ2v) is 7.06. The first-order valence-corrected chi connectivity index (χ1v) is 9.86. The summed E-state index contributed by atoms with van der Waals surface area (Å²) < 4.78 is 16.9. The van der Waals surface area contributed by atoms with Crippen molar-refractivity contribution in [3.05, 3.63) is 59.7 Å². The van der Waals surface area contributed by atoms with Crippen LogP contribution in [0.5, 0.6) is 17.2 Å². The van der Waals surface area contributed by atoms with Gasteiger partial charge in [0.1, 0.15) is 12.4 Å². The average molecular weight is 379 g/mol. The SMILES string of the molecule is O=C(C=Cc1ccccc1)c1cc2c(cc1OCCN1CCCCC1)OCO2. The van der Waals surface area contributed by atoms with E-state index < -0.39 is 0 Å². The molecule has 1 saturated heterocycles. The molecule has 2 aromatic carbocycles. The van der Waals surface area contributed by atoms with Gasteiger partial charge in [0, 0.05) is 12.6 Å². The Morgan fingerprint density at radius 2 is 1.79 bits per heavy atom. The van der Waals surface area contributed by atoms with E-state index in [0.29, 0.717) is 29.4 Å². The topological polar surface area (TPSA) is 48.0 Å². The van der Waals surface area contributed by atoms with Gasteiger partial charge in [0.25, 0.3) is 0 Å². The number of carbonyl (C=O) groups excluding carboxylic acids is 1. The van der Waals surface area contributed by atoms with Gasteiger partial charge < -0.3 is 14.2 Å². The second kappa shape index (κ2) is 8.93. The standard InChI is InChI=1S/C23H25NO4/c25-20(10-9-18-7-3-1-4-8-18)19-15-22-23(28-17-27-22)16-21(19)26-14-13-24-11-5-2-6-12-24/h1,3-4,7-10,15-16H,2,5-6,11-14,17H2. The van der Waals surface area contributed by atoms with Crippen LogP contribution in [0.25, 0.3) is 6.08 Å². The third kappa shape index (κ3) is 4.54. The van der Waals surface area contributed by atoms with E-state index in [2.05, 4.69) is 4.90 Å². The number of hydrogen-bond donors (Lipinski definition) is 0. The summed E-state index contributed by atoms with van der Waals surface area (Å²) in [5.74, 6) is 1.63. The molecule has 5 heteroatoms. The highest BCUT2D eigenvalue weighted by atomic mass is 16.7. The fourth-order valence-corrected chi connectivity index (χ4v) is 3.53. The van der Waals surface area contributed by atoms with E-state index in [9.17, 15) is 4.79 Å². The zero-order valence-electron chi connectivity index (χ0n) is 15.9. The van der Waals surface area contributed by atoms with E-state index in [1.807, 2.05) is 36.4 Å². The Labute approximate surface area is 165 Å². The molecule has 0 atom stereocenters. The summed E-state index contributed by atoms with van der Waals surface area (Å²) in [4.78, 5) is 15.2. The minimum atomic E-state index is -0.116. The molecule has 0 amide bonds. The van der Waals surface area contributed by atoms with Gasteiger partial charge in [0.2, 0.25) is 6.79 Å². The van der Waals surface area contributed by atoms with E-state index in [1.54, 1.807) is 18.2 Å². The van der Waals surface area contributed by atoms with Crippen molar-refractivity contribution in [2.24, 2.45) is 0 Å². The van der Waals surface area contributed by atoms with E-state index in [0.717, 1.165) is 25.2 Å². The monoisotopic (exact) mass is 379 g/mol. The number of ketones is 1. The van der Waals surface area contributed by atoms with Gasteiger partial charge in [-0.05, 0) is 43.6 Å². The number of hydrogen-bond acceptors (Lipinski definition) is 5. The largest absolute Gasteiger partial charge is 0.491 e. The molecule has 2 aliphatic rings. The van der Waals surface area contributed by atoms with E-state index in [1.165, 1.54) is 19.3 Å². The van der Waals surface area contributed by atoms with Crippen molar-refractivity contribution in [2.45, 2.75) is 19.3 Å². The van der Waals surface area contributed by atoms with E-state index in [-0.39, 0.29) is 12.6 Å². The summed E-state index contributed by atoms with van der Waals surface area (Å²) in [5.41, 5.74) is 1.47. The van der Waals surface area contributed by atoms with Crippen molar-refractivity contribution in [2.75, 3.05) is 33.0 Å². The lowest BCUT2D eigenvalue weighted by Crippen LogP contribution is -2.33. The Bertz CT molecular complexity index is 841. The van der Waals surface area contributed by atoms with Crippen LogP contribution < -0.4 is 14.2 Å². The van der Waals surface area contributed by atoms with Crippen LogP contribution in [0.1, 0.15) is 35.2 Å². The molecule has 146 valence electrons. The highest BCUT2D eigenvalue weighted by molar-refractivity contribution is 6.09. The molecular formula is C23H25NO4. The number of likely N-dealkylation sites (tertiary alicyclic amines) is 1. The predicted octanol–water partition coefficient (Wildman–Crippen LogP) is 4.18. The summed E-state index contributed by atoms with van der Waals surface area (Å²) in [7, 11) is 0. The van der Waals surface area contributed by atoms with Crippen LogP contribution in [-0.4, -0.2) is 43.7 Å². The summed E-state index contributed by atoms with van der Waals surface area (Å²) in [5, 5.41) is 0. The maximum Gasteiger partial charge on any atom is 0.231 e. The molecule has 4 rings (SSSR count). The molecule has 0 aromatic heterocycles. The lowest BCUT2D eigenvalue weighted by Gasteiger charge is -2.26. The molecule has 0 radical (unpaired) electrons. The second-order valence-electron chi connectivity index (χ2n) is 7.06. The van der Waals surface area contributed by atoms with Crippen LogP contribution in [0.4, 0.5) is 0 Å². The molecule has 1 fully saturated rings. The van der Waals surface area contributed by atoms with Crippen LogP contribution in [0, 0.1) is 0 Å². The molecular weight excluding hydrogens is 354 g/mol. The minimum Gasteiger partial charge on any atom is -0.491 e. The fourth-order valence-electron chi connectivity index (χ4n) is 3.53. The van der Waals surface area contributed by atoms with Crippen LogP contribution >= 0.6 is 0 Å². The number of piperidine rings is 1. The molecule has 0 saturated carbocycles. The van der Waals surface area contributed by atoms with Crippen molar-refractivity contribution in [3.8, 4) is 17.2 Å². The molecule has 28 heavy (non-hydrogen) atoms. The third-order valence-electron chi connectivity index (χ3n) is 5.08. The normalized spacial score (nSPS) is 16.4. The highest BCUT2D eigenvalue weighted by Gasteiger charge is 2.21. The maximum absolute atomic E-state index is 12.8. The van der Waals surface area contributed by atoms with Gasteiger partial charge in [-0.1, -0.05) is 42.8 Å². The first-order chi connectivity index (χ1) is 13.8. The number of ether oxygens (including phenoxy) is 3. The number of carbonyl (C=O) groups is 1. The molecule has 5 nitrogen and oxygen atoms in total. The molecule has 0 spiro atoms. The first kappa shape index (κ1) is 18.6. The van der Waals surface area contributed by atoms with E-state index >= 15 is 0 Å². The molecule has 0 unspecified atom stereocenters. The average Bonchev–Trinajstić information content (AvgIpc) is 3.20. The van der Waals surface area contributed by atoms with Gasteiger partial charge in [-0.2, -0.15) is 0 Å². The summed E-state index contributed by atoms with van der Waals surface area (Å²) in [6.45, 7) is 3.82. The first-order valence-electron chi connectivity index (χ1n) is 9.86. The molecule has 2 heterocycles. The van der Waals surface area contributed by atoms with Crippen molar-refractivity contribution in [1.29, 1.82) is 0 Å². The van der Waals surface area contributed by atoms with Crippen molar-refractivity contribution in [1.82, 2.24) is 4.90 Å². The van der Waals surface area contributed by atoms with Gasteiger partial charge in [-0.15, -0.1) is 0 Å². The van der Waals surface area contributed by atoms with Gasteiger partial charge >= 0.3 is 0 Å². The molecule has 0 bridgehead atoms. The highest BCUT2D eigenvalue weighted by Crippen LogP contribution is 2.38. The van der Waals surface area contributed by atoms with Crippen molar-refractivity contribution >= 4 is 11.9 Å². The summed E-state index contributed by atoms with van der Waals surface area (Å²) in [6, 6.07) is 13.2. The Balaban J connectivity index is 1.48. The zero-order valence-corrected chi connectivity index (χ0v) is 15.9. The van der Waals surface area contributed by atoms with Gasteiger partial charge in [0.05, 0.1) is 5.56 Å². The van der Waals surface area contributed by atoms with Crippen LogP contribution in [-0.2, 0) is 0 Å². The lowest BCUT2D eigenvalue weighted by atomic mass is 10.1. The molecule has 0 aliphatic carbocycles. The number of rotatable bonds is 7. The van der Waals surface area contributed by atoms with Crippen molar-refractivity contribution in [3.63, 3.8) is 0 Å². The maximum atomic E-state index is 12.8. The Morgan fingerprint density at radius 3 is 2.57 bits per heavy atom. The van der Waals surface area contributed by atoms with Crippen LogP contribution in [0.3, 0.4) is 0 Å². The fraction of sp³-hybridized carbons (Fsp3) is 0.348. The van der Waals surface area contributed by atoms with Gasteiger partial charge in [-0.25, -0.2) is 0 Å². The van der Waals surface area contributed by atoms with Gasteiger partial charge in [0.15, 0.2) is 17.3 Å². The van der Waals surface area contributed by atoms with E-state index in [4.69, 9.17) is 14.2 Å². The molecule has 2 aliphatic heterocycles. The zero-order chi connectivity index (χ0) is 19.2. The summed E-state index contributed by atoms with van der Waals surface area (Å²) >= 11 is 0. The third-order valence-corrected chi connectivity index (χ3v) is 5.08. The number of fused-ring (bicyclic) bond motifs is 1. The lowest BCUT2D eigenvalue weighted by molar-refractivity contribution is 0.104.